The monoisotopic (exact) mass is 290 g/mol. The van der Waals surface area contributed by atoms with E-state index in [1.165, 1.54) is 5.56 Å². The van der Waals surface area contributed by atoms with Gasteiger partial charge in [-0.05, 0) is 5.41 Å². The summed E-state index contributed by atoms with van der Waals surface area (Å²) in [5, 5.41) is 0. The summed E-state index contributed by atoms with van der Waals surface area (Å²) in [5.41, 5.74) is 1.64. The van der Waals surface area contributed by atoms with Gasteiger partial charge in [0.1, 0.15) is 0 Å². The number of hydrogen-bond donors (Lipinski definition) is 0. The van der Waals surface area contributed by atoms with Gasteiger partial charge in [0.2, 0.25) is 0 Å². The van der Waals surface area contributed by atoms with Gasteiger partial charge in [0.25, 0.3) is 0 Å². The summed E-state index contributed by atoms with van der Waals surface area (Å²) >= 11 is 0. The second-order valence-electron chi connectivity index (χ2n) is 4.12. The summed E-state index contributed by atoms with van der Waals surface area (Å²) in [7, 11) is 0. The van der Waals surface area contributed by atoms with E-state index in [1.54, 1.807) is 6.08 Å². The molecule has 84 valence electrons. The molecule has 1 aromatic rings. The molecule has 0 aliphatic heterocycles. The van der Waals surface area contributed by atoms with Crippen LogP contribution in [0.1, 0.15) is 32.8 Å². The first kappa shape index (κ1) is 17.0. The minimum Gasteiger partial charge on any atom is -0.340 e. The Kier molecular flexibility index (Phi) is 10.0. The van der Waals surface area contributed by atoms with E-state index in [0.29, 0.717) is 0 Å². The first-order valence-corrected chi connectivity index (χ1v) is 4.89. The standard InChI is InChI=1S/C10H13.C4H7.Ru/c1-10(2,3)9-7-5-4-6-8-9;1-3-4-2;/h5-8H,1-3H3;3H,1-2,4H2;/q2*-1;+2. The Morgan fingerprint density at radius 2 is 1.73 bits per heavy atom. The molecule has 0 fully saturated rings. The molecule has 0 atom stereocenters. The third-order valence-electron chi connectivity index (χ3n) is 1.79. The number of hydrogen-bond acceptors (Lipinski definition) is 0. The van der Waals surface area contributed by atoms with Crippen LogP contribution in [-0.4, -0.2) is 0 Å². The molecule has 0 heterocycles. The molecule has 0 nitrogen and oxygen atoms in total. The van der Waals surface area contributed by atoms with Crippen molar-refractivity contribution in [3.63, 3.8) is 0 Å². The molecule has 0 N–H and O–H groups in total. The van der Waals surface area contributed by atoms with E-state index in [2.05, 4.69) is 52.5 Å². The van der Waals surface area contributed by atoms with E-state index in [-0.39, 0.29) is 24.9 Å². The summed E-state index contributed by atoms with van der Waals surface area (Å²) in [4.78, 5) is 0. The zero-order valence-corrected chi connectivity index (χ0v) is 11.6. The molecule has 0 radical (unpaired) electrons. The van der Waals surface area contributed by atoms with Crippen LogP contribution in [0.15, 0.2) is 36.9 Å². The van der Waals surface area contributed by atoms with E-state index in [4.69, 9.17) is 0 Å². The van der Waals surface area contributed by atoms with Crippen LogP contribution in [0.4, 0.5) is 0 Å². The van der Waals surface area contributed by atoms with Crippen LogP contribution in [0, 0.1) is 13.0 Å². The molecule has 1 aromatic carbocycles. The van der Waals surface area contributed by atoms with E-state index in [9.17, 15) is 0 Å². The topological polar surface area (TPSA) is 0 Å². The molecule has 0 aliphatic rings. The molecule has 1 rings (SSSR count). The van der Waals surface area contributed by atoms with Gasteiger partial charge in [0.05, 0.1) is 0 Å². The largest absolute Gasteiger partial charge is 2.00 e. The van der Waals surface area contributed by atoms with Crippen molar-refractivity contribution < 1.29 is 19.5 Å². The van der Waals surface area contributed by atoms with E-state index in [0.717, 1.165) is 6.42 Å². The van der Waals surface area contributed by atoms with Crippen molar-refractivity contribution in [3.8, 4) is 0 Å². The molecule has 15 heavy (non-hydrogen) atoms. The predicted molar refractivity (Wildman–Crippen MR) is 64.1 cm³/mol. The zero-order chi connectivity index (χ0) is 11.0. The van der Waals surface area contributed by atoms with Crippen molar-refractivity contribution in [2.24, 2.45) is 0 Å². The van der Waals surface area contributed by atoms with E-state index >= 15 is 0 Å². The Hall–Kier alpha value is -0.417. The third-order valence-corrected chi connectivity index (χ3v) is 1.79. The van der Waals surface area contributed by atoms with Crippen molar-refractivity contribution in [2.45, 2.75) is 32.6 Å². The molecule has 0 aliphatic carbocycles. The Morgan fingerprint density at radius 1 is 1.33 bits per heavy atom. The minimum atomic E-state index is 0. The predicted octanol–water partition coefficient (Wildman–Crippen LogP) is 4.18. The second kappa shape index (κ2) is 8.86. The first-order valence-electron chi connectivity index (χ1n) is 4.89. The van der Waals surface area contributed by atoms with Gasteiger partial charge in [-0.2, -0.15) is 42.3 Å². The number of benzene rings is 1. The Bertz CT molecular complexity index is 244. The van der Waals surface area contributed by atoms with Crippen LogP contribution in [0.5, 0.6) is 0 Å². The van der Waals surface area contributed by atoms with Gasteiger partial charge < -0.3 is 6.92 Å². The van der Waals surface area contributed by atoms with Crippen LogP contribution in [-0.2, 0) is 24.9 Å². The molecule has 0 saturated carbocycles. The summed E-state index contributed by atoms with van der Waals surface area (Å²) in [6.45, 7) is 13.5. The van der Waals surface area contributed by atoms with Gasteiger partial charge >= 0.3 is 19.5 Å². The maximum Gasteiger partial charge on any atom is 2.00 e. The molecule has 0 amide bonds. The molecule has 0 saturated heterocycles. The van der Waals surface area contributed by atoms with Gasteiger partial charge in [-0.25, -0.2) is 0 Å². The molecule has 0 spiro atoms. The van der Waals surface area contributed by atoms with Crippen LogP contribution in [0.3, 0.4) is 0 Å². The van der Waals surface area contributed by atoms with Gasteiger partial charge in [-0.15, -0.1) is 12.7 Å². The van der Waals surface area contributed by atoms with Gasteiger partial charge in [0, 0.05) is 0 Å². The smallest absolute Gasteiger partial charge is 0.340 e. The van der Waals surface area contributed by atoms with Crippen LogP contribution in [0.2, 0.25) is 0 Å². The molecule has 1 heteroatoms. The van der Waals surface area contributed by atoms with Crippen molar-refractivity contribution >= 4 is 0 Å². The van der Waals surface area contributed by atoms with Gasteiger partial charge in [0.15, 0.2) is 0 Å². The SMILES string of the molecule is C=CC[CH2-].CC(C)(C)c1cc[c-]cc1.[Ru+2]. The van der Waals surface area contributed by atoms with Gasteiger partial charge in [-0.3, -0.25) is 0 Å². The summed E-state index contributed by atoms with van der Waals surface area (Å²) < 4.78 is 0. The fourth-order valence-corrected chi connectivity index (χ4v) is 0.887. The average molecular weight is 289 g/mol. The fourth-order valence-electron chi connectivity index (χ4n) is 0.887. The van der Waals surface area contributed by atoms with Crippen molar-refractivity contribution in [2.75, 3.05) is 0 Å². The quantitative estimate of drug-likeness (QED) is 0.413. The fraction of sp³-hybridized carbons (Fsp3) is 0.357. The average Bonchev–Trinajstić information content (AvgIpc) is 2.18. The zero-order valence-electron chi connectivity index (χ0n) is 9.86. The first-order chi connectivity index (χ1) is 6.52. The molecular formula is C14H20Ru. The van der Waals surface area contributed by atoms with Crippen LogP contribution >= 0.6 is 0 Å². The molecule has 0 bridgehead atoms. The van der Waals surface area contributed by atoms with Crippen molar-refractivity contribution in [1.82, 2.24) is 0 Å². The van der Waals surface area contributed by atoms with Gasteiger partial charge in [-0.1, -0.05) is 20.8 Å². The van der Waals surface area contributed by atoms with E-state index in [1.807, 2.05) is 12.1 Å². The molecule has 0 unspecified atom stereocenters. The maximum atomic E-state index is 3.49. The number of allylic oxidation sites excluding steroid dienone is 1. The van der Waals surface area contributed by atoms with E-state index < -0.39 is 0 Å². The summed E-state index contributed by atoms with van der Waals surface area (Å²) in [6.07, 6.45) is 2.60. The molecule has 0 aromatic heterocycles. The van der Waals surface area contributed by atoms with Crippen LogP contribution < -0.4 is 0 Å². The minimum absolute atomic E-state index is 0. The van der Waals surface area contributed by atoms with Crippen molar-refractivity contribution in [3.05, 3.63) is 55.5 Å². The summed E-state index contributed by atoms with van der Waals surface area (Å²) in [5.74, 6) is 0. The summed E-state index contributed by atoms with van der Waals surface area (Å²) in [6, 6.07) is 11.1. The Balaban J connectivity index is 0. The Morgan fingerprint density at radius 3 is 1.93 bits per heavy atom. The maximum absolute atomic E-state index is 3.49. The molecular weight excluding hydrogens is 269 g/mol. The van der Waals surface area contributed by atoms with Crippen LogP contribution in [0.25, 0.3) is 0 Å². The normalized spacial score (nSPS) is 9.33. The Labute approximate surface area is 108 Å². The van der Waals surface area contributed by atoms with Crippen molar-refractivity contribution in [1.29, 1.82) is 0 Å². The second-order valence-corrected chi connectivity index (χ2v) is 4.12. The number of rotatable bonds is 1. The third kappa shape index (κ3) is 8.57.